The first-order chi connectivity index (χ1) is 9.28. The first-order valence-electron chi connectivity index (χ1n) is 6.25. The Bertz CT molecular complexity index is 587. The molecule has 96 valence electrons. The van der Waals surface area contributed by atoms with Crippen molar-refractivity contribution in [2.75, 3.05) is 12.3 Å². The third-order valence-corrected chi connectivity index (χ3v) is 2.79. The van der Waals surface area contributed by atoms with Gasteiger partial charge in [0.25, 0.3) is 0 Å². The van der Waals surface area contributed by atoms with Gasteiger partial charge in [-0.3, -0.25) is 0 Å². The summed E-state index contributed by atoms with van der Waals surface area (Å²) in [4.78, 5) is 0. The molecule has 0 aromatic heterocycles. The van der Waals surface area contributed by atoms with E-state index in [1.54, 1.807) is 12.1 Å². The number of rotatable bonds is 5. The molecule has 0 unspecified atom stereocenters. The summed E-state index contributed by atoms with van der Waals surface area (Å²) in [5.41, 5.74) is 8.35. The zero-order valence-electron chi connectivity index (χ0n) is 10.7. The average Bonchev–Trinajstić information content (AvgIpc) is 2.44. The Balaban J connectivity index is 1.79. The van der Waals surface area contributed by atoms with E-state index in [-0.39, 0.29) is 0 Å². The maximum atomic E-state index is 8.79. The van der Waals surface area contributed by atoms with E-state index in [9.17, 15) is 0 Å². The van der Waals surface area contributed by atoms with Gasteiger partial charge in [-0.2, -0.15) is 5.26 Å². The van der Waals surface area contributed by atoms with Crippen molar-refractivity contribution in [1.82, 2.24) is 0 Å². The molecule has 0 aliphatic heterocycles. The monoisotopic (exact) mass is 252 g/mol. The lowest BCUT2D eigenvalue weighted by Crippen LogP contribution is -2.00. The van der Waals surface area contributed by atoms with E-state index >= 15 is 0 Å². The Morgan fingerprint density at radius 2 is 1.95 bits per heavy atom. The van der Waals surface area contributed by atoms with Gasteiger partial charge in [-0.25, -0.2) is 0 Å². The number of nitrogens with two attached hydrogens (primary N) is 1. The van der Waals surface area contributed by atoms with E-state index in [2.05, 4.69) is 12.1 Å². The fourth-order valence-corrected chi connectivity index (χ4v) is 1.87. The predicted octanol–water partition coefficient (Wildman–Crippen LogP) is 3.15. The van der Waals surface area contributed by atoms with Crippen molar-refractivity contribution < 1.29 is 4.74 Å². The molecule has 2 N–H and O–H groups in total. The fraction of sp³-hybridized carbons (Fsp3) is 0.188. The Kier molecular flexibility index (Phi) is 4.41. The summed E-state index contributed by atoms with van der Waals surface area (Å²) in [5, 5.41) is 8.79. The van der Waals surface area contributed by atoms with E-state index in [0.717, 1.165) is 24.3 Å². The highest BCUT2D eigenvalue weighted by molar-refractivity contribution is 5.40. The molecule has 2 aromatic rings. The molecule has 0 saturated carbocycles. The molecule has 0 aliphatic rings. The van der Waals surface area contributed by atoms with E-state index in [0.29, 0.717) is 12.2 Å². The molecule has 0 radical (unpaired) electrons. The highest BCUT2D eigenvalue weighted by atomic mass is 16.5. The lowest BCUT2D eigenvalue weighted by molar-refractivity contribution is 0.311. The number of hydrogen-bond acceptors (Lipinski definition) is 3. The van der Waals surface area contributed by atoms with E-state index < -0.39 is 0 Å². The van der Waals surface area contributed by atoms with Crippen molar-refractivity contribution in [3.8, 4) is 11.8 Å². The molecule has 0 bridgehead atoms. The molecular formula is C16H16N2O. The summed E-state index contributed by atoms with van der Waals surface area (Å²) < 4.78 is 5.62. The Hall–Kier alpha value is -2.47. The number of aryl methyl sites for hydroxylation is 1. The molecule has 0 saturated heterocycles. The number of anilines is 1. The number of nitrogen functional groups attached to an aromatic ring is 1. The Labute approximate surface area is 113 Å². The van der Waals surface area contributed by atoms with Gasteiger partial charge in [-0.05, 0) is 48.7 Å². The average molecular weight is 252 g/mol. The first kappa shape index (κ1) is 13.0. The van der Waals surface area contributed by atoms with Crippen LogP contribution in [0.2, 0.25) is 0 Å². The van der Waals surface area contributed by atoms with Crippen molar-refractivity contribution in [1.29, 1.82) is 5.26 Å². The SMILES string of the molecule is N#Cc1cccc(OCCCc2cccc(N)c2)c1. The van der Waals surface area contributed by atoms with Gasteiger partial charge in [0.05, 0.1) is 18.2 Å². The van der Waals surface area contributed by atoms with E-state index in [1.807, 2.05) is 30.3 Å². The van der Waals surface area contributed by atoms with Crippen LogP contribution in [0.5, 0.6) is 5.75 Å². The van der Waals surface area contributed by atoms with Crippen molar-refractivity contribution in [3.05, 3.63) is 59.7 Å². The minimum Gasteiger partial charge on any atom is -0.494 e. The largest absolute Gasteiger partial charge is 0.494 e. The molecule has 0 aliphatic carbocycles. The second-order valence-electron chi connectivity index (χ2n) is 4.34. The van der Waals surface area contributed by atoms with Crippen molar-refractivity contribution in [3.63, 3.8) is 0 Å². The van der Waals surface area contributed by atoms with Crippen molar-refractivity contribution in [2.45, 2.75) is 12.8 Å². The molecule has 0 atom stereocenters. The molecule has 0 spiro atoms. The Morgan fingerprint density at radius 3 is 2.74 bits per heavy atom. The molecule has 0 heterocycles. The molecule has 3 heteroatoms. The quantitative estimate of drug-likeness (QED) is 0.657. The molecule has 2 aromatic carbocycles. The van der Waals surface area contributed by atoms with Crippen LogP contribution in [0, 0.1) is 11.3 Å². The number of ether oxygens (including phenoxy) is 1. The highest BCUT2D eigenvalue weighted by Gasteiger charge is 1.97. The minimum atomic E-state index is 0.619. The van der Waals surface area contributed by atoms with Gasteiger partial charge in [0.1, 0.15) is 5.75 Å². The van der Waals surface area contributed by atoms with Gasteiger partial charge in [-0.1, -0.05) is 18.2 Å². The maximum Gasteiger partial charge on any atom is 0.120 e. The third kappa shape index (κ3) is 4.04. The van der Waals surface area contributed by atoms with Gasteiger partial charge in [0.2, 0.25) is 0 Å². The zero-order chi connectivity index (χ0) is 13.5. The normalized spacial score (nSPS) is 9.84. The second-order valence-corrected chi connectivity index (χ2v) is 4.34. The van der Waals surface area contributed by atoms with Crippen LogP contribution in [0.4, 0.5) is 5.69 Å². The lowest BCUT2D eigenvalue weighted by Gasteiger charge is -2.06. The van der Waals surface area contributed by atoms with Crippen LogP contribution in [0.3, 0.4) is 0 Å². The summed E-state index contributed by atoms with van der Waals surface area (Å²) in [6, 6.07) is 17.2. The minimum absolute atomic E-state index is 0.619. The maximum absolute atomic E-state index is 8.79. The van der Waals surface area contributed by atoms with Gasteiger partial charge < -0.3 is 10.5 Å². The van der Waals surface area contributed by atoms with Gasteiger partial charge in [0.15, 0.2) is 0 Å². The first-order valence-corrected chi connectivity index (χ1v) is 6.25. The van der Waals surface area contributed by atoms with Gasteiger partial charge >= 0.3 is 0 Å². The standard InChI is InChI=1S/C16H16N2O/c17-12-14-5-2-8-16(11-14)19-9-3-6-13-4-1-7-15(18)10-13/h1-2,4-5,7-8,10-11H,3,6,9,18H2. The van der Waals surface area contributed by atoms with Crippen LogP contribution in [0.15, 0.2) is 48.5 Å². The summed E-state index contributed by atoms with van der Waals surface area (Å²) in [7, 11) is 0. The van der Waals surface area contributed by atoms with Crippen LogP contribution >= 0.6 is 0 Å². The Morgan fingerprint density at radius 1 is 1.11 bits per heavy atom. The number of nitrogens with zero attached hydrogens (tertiary/aromatic N) is 1. The van der Waals surface area contributed by atoms with Crippen molar-refractivity contribution >= 4 is 5.69 Å². The lowest BCUT2D eigenvalue weighted by atomic mass is 10.1. The summed E-state index contributed by atoms with van der Waals surface area (Å²) >= 11 is 0. The van der Waals surface area contributed by atoms with Gasteiger partial charge in [0, 0.05) is 5.69 Å². The molecule has 19 heavy (non-hydrogen) atoms. The summed E-state index contributed by atoms with van der Waals surface area (Å²) in [5.74, 6) is 0.742. The summed E-state index contributed by atoms with van der Waals surface area (Å²) in [6.45, 7) is 0.629. The van der Waals surface area contributed by atoms with Crippen LogP contribution in [0.25, 0.3) is 0 Å². The smallest absolute Gasteiger partial charge is 0.120 e. The molecule has 0 fully saturated rings. The van der Waals surface area contributed by atoms with Crippen LogP contribution in [-0.4, -0.2) is 6.61 Å². The van der Waals surface area contributed by atoms with E-state index in [4.69, 9.17) is 15.7 Å². The highest BCUT2D eigenvalue weighted by Crippen LogP contribution is 2.14. The van der Waals surface area contributed by atoms with Crippen molar-refractivity contribution in [2.24, 2.45) is 0 Å². The molecular weight excluding hydrogens is 236 g/mol. The topological polar surface area (TPSA) is 59.0 Å². The predicted molar refractivity (Wildman–Crippen MR) is 75.8 cm³/mol. The number of benzene rings is 2. The second kappa shape index (κ2) is 6.46. The zero-order valence-corrected chi connectivity index (χ0v) is 10.7. The van der Waals surface area contributed by atoms with Crippen LogP contribution < -0.4 is 10.5 Å². The number of hydrogen-bond donors (Lipinski definition) is 1. The molecule has 2 rings (SSSR count). The van der Waals surface area contributed by atoms with Crippen LogP contribution in [-0.2, 0) is 6.42 Å². The molecule has 0 amide bonds. The van der Waals surface area contributed by atoms with Crippen LogP contribution in [0.1, 0.15) is 17.5 Å². The molecule has 3 nitrogen and oxygen atoms in total. The fourth-order valence-electron chi connectivity index (χ4n) is 1.87. The summed E-state index contributed by atoms with van der Waals surface area (Å²) in [6.07, 6.45) is 1.85. The van der Waals surface area contributed by atoms with Gasteiger partial charge in [-0.15, -0.1) is 0 Å². The third-order valence-electron chi connectivity index (χ3n) is 2.79. The number of nitriles is 1. The van der Waals surface area contributed by atoms with E-state index in [1.165, 1.54) is 5.56 Å².